The maximum atomic E-state index is 12.8. The van der Waals surface area contributed by atoms with Gasteiger partial charge in [-0.05, 0) is 30.8 Å². The molecule has 0 N–H and O–H groups in total. The van der Waals surface area contributed by atoms with E-state index in [0.29, 0.717) is 58.4 Å². The van der Waals surface area contributed by atoms with Crippen LogP contribution in [0.4, 0.5) is 0 Å². The molecule has 29 heavy (non-hydrogen) atoms. The standard InChI is InChI=1S/C21H21NO7/c1-22-8-7-11-9-14-19(28-10-27-14)20(26-4)15(11)17-12-5-6-13(24-2)18(25-3)16(12)21(23)29-17/h5-6,9,17H,1,7-8,10H2,2-4H3. The van der Waals surface area contributed by atoms with E-state index in [0.717, 1.165) is 5.56 Å². The number of rotatable bonds is 7. The molecule has 0 fully saturated rings. The van der Waals surface area contributed by atoms with Crippen LogP contribution in [0.2, 0.25) is 0 Å². The molecule has 2 aliphatic rings. The monoisotopic (exact) mass is 399 g/mol. The van der Waals surface area contributed by atoms with Crippen molar-refractivity contribution >= 4 is 12.7 Å². The van der Waals surface area contributed by atoms with Crippen LogP contribution in [-0.2, 0) is 11.2 Å². The van der Waals surface area contributed by atoms with Crippen LogP contribution >= 0.6 is 0 Å². The molecule has 0 bridgehead atoms. The second-order valence-corrected chi connectivity index (χ2v) is 6.46. The summed E-state index contributed by atoms with van der Waals surface area (Å²) in [5.74, 6) is 1.85. The molecule has 8 heteroatoms. The molecule has 0 saturated heterocycles. The molecule has 8 nitrogen and oxygen atoms in total. The molecule has 0 aromatic heterocycles. The van der Waals surface area contributed by atoms with Gasteiger partial charge in [-0.1, -0.05) is 6.07 Å². The van der Waals surface area contributed by atoms with Crippen LogP contribution in [-0.4, -0.2) is 47.4 Å². The van der Waals surface area contributed by atoms with Crippen molar-refractivity contribution in [2.24, 2.45) is 4.99 Å². The summed E-state index contributed by atoms with van der Waals surface area (Å²) in [5, 5.41) is 0. The van der Waals surface area contributed by atoms with E-state index >= 15 is 0 Å². The third kappa shape index (κ3) is 2.91. The lowest BCUT2D eigenvalue weighted by Crippen LogP contribution is -2.09. The summed E-state index contributed by atoms with van der Waals surface area (Å²) in [6, 6.07) is 5.42. The van der Waals surface area contributed by atoms with Gasteiger partial charge in [-0.2, -0.15) is 0 Å². The number of cyclic esters (lactones) is 1. The number of carbonyl (C=O) groups excluding carboxylic acids is 1. The van der Waals surface area contributed by atoms with Gasteiger partial charge in [0.2, 0.25) is 12.5 Å². The number of fused-ring (bicyclic) bond motifs is 2. The largest absolute Gasteiger partial charge is 0.493 e. The van der Waals surface area contributed by atoms with Crippen LogP contribution in [0.3, 0.4) is 0 Å². The number of hydrogen-bond donors (Lipinski definition) is 0. The lowest BCUT2D eigenvalue weighted by Gasteiger charge is -2.20. The number of nitrogens with zero attached hydrogens (tertiary/aromatic N) is 1. The topological polar surface area (TPSA) is 84.8 Å². The van der Waals surface area contributed by atoms with E-state index in [2.05, 4.69) is 11.7 Å². The number of esters is 1. The van der Waals surface area contributed by atoms with Gasteiger partial charge in [0, 0.05) is 17.7 Å². The highest BCUT2D eigenvalue weighted by Crippen LogP contribution is 2.52. The average molecular weight is 399 g/mol. The first-order valence-corrected chi connectivity index (χ1v) is 9.02. The van der Waals surface area contributed by atoms with E-state index < -0.39 is 12.1 Å². The van der Waals surface area contributed by atoms with Crippen molar-refractivity contribution < 1.29 is 33.2 Å². The lowest BCUT2D eigenvalue weighted by atomic mass is 9.92. The van der Waals surface area contributed by atoms with Gasteiger partial charge in [0.25, 0.3) is 0 Å². The van der Waals surface area contributed by atoms with Crippen molar-refractivity contribution in [3.63, 3.8) is 0 Å². The molecule has 0 spiro atoms. The van der Waals surface area contributed by atoms with Crippen molar-refractivity contribution in [3.8, 4) is 28.7 Å². The molecule has 1 atom stereocenters. The summed E-state index contributed by atoms with van der Waals surface area (Å²) >= 11 is 0. The van der Waals surface area contributed by atoms with Gasteiger partial charge >= 0.3 is 5.97 Å². The highest BCUT2D eigenvalue weighted by molar-refractivity contribution is 5.98. The number of aliphatic imine (C=N–C) groups is 1. The minimum absolute atomic E-state index is 0.0976. The molecular formula is C21H21NO7. The number of hydrogen-bond acceptors (Lipinski definition) is 8. The fourth-order valence-corrected chi connectivity index (χ4v) is 3.79. The molecule has 0 radical (unpaired) electrons. The fraction of sp³-hybridized carbons (Fsp3) is 0.333. The molecule has 0 aliphatic carbocycles. The SMILES string of the molecule is C=NCCc1cc2c(c(OC)c1C1OC(=O)c3c1ccc(OC)c3OC)OCO2. The molecule has 2 aliphatic heterocycles. The summed E-state index contributed by atoms with van der Waals surface area (Å²) in [5.41, 5.74) is 2.57. The van der Waals surface area contributed by atoms with Crippen molar-refractivity contribution in [2.45, 2.75) is 12.5 Å². The van der Waals surface area contributed by atoms with E-state index in [1.54, 1.807) is 19.2 Å². The lowest BCUT2D eigenvalue weighted by molar-refractivity contribution is 0.0448. The van der Waals surface area contributed by atoms with Crippen LogP contribution in [0.1, 0.15) is 33.2 Å². The van der Waals surface area contributed by atoms with E-state index in [-0.39, 0.29) is 6.79 Å². The van der Waals surface area contributed by atoms with Gasteiger partial charge in [-0.15, -0.1) is 0 Å². The predicted molar refractivity (Wildman–Crippen MR) is 104 cm³/mol. The molecule has 2 heterocycles. The zero-order chi connectivity index (χ0) is 20.5. The van der Waals surface area contributed by atoms with E-state index in [9.17, 15) is 4.79 Å². The molecule has 152 valence electrons. The maximum absolute atomic E-state index is 12.8. The van der Waals surface area contributed by atoms with Gasteiger partial charge < -0.3 is 33.4 Å². The van der Waals surface area contributed by atoms with Gasteiger partial charge in [0.15, 0.2) is 29.1 Å². The Labute approximate surface area is 167 Å². The van der Waals surface area contributed by atoms with Gasteiger partial charge in [0.05, 0.1) is 21.3 Å². The summed E-state index contributed by atoms with van der Waals surface area (Å²) in [4.78, 5) is 16.7. The first-order valence-electron chi connectivity index (χ1n) is 9.02. The van der Waals surface area contributed by atoms with E-state index in [1.807, 2.05) is 6.07 Å². The first-order chi connectivity index (χ1) is 14.1. The minimum Gasteiger partial charge on any atom is -0.493 e. The zero-order valence-electron chi connectivity index (χ0n) is 16.4. The Morgan fingerprint density at radius 1 is 1.14 bits per heavy atom. The van der Waals surface area contributed by atoms with E-state index in [1.165, 1.54) is 14.2 Å². The summed E-state index contributed by atoms with van der Waals surface area (Å²) < 4.78 is 33.4. The van der Waals surface area contributed by atoms with Crippen molar-refractivity contribution in [3.05, 3.63) is 40.5 Å². The molecule has 1 unspecified atom stereocenters. The van der Waals surface area contributed by atoms with E-state index in [4.69, 9.17) is 28.4 Å². The van der Waals surface area contributed by atoms with Crippen LogP contribution in [0.5, 0.6) is 28.7 Å². The van der Waals surface area contributed by atoms with Crippen LogP contribution in [0.25, 0.3) is 0 Å². The summed E-state index contributed by atoms with van der Waals surface area (Å²) in [6.45, 7) is 4.15. The Morgan fingerprint density at radius 3 is 2.62 bits per heavy atom. The van der Waals surface area contributed by atoms with Crippen molar-refractivity contribution in [2.75, 3.05) is 34.7 Å². The van der Waals surface area contributed by atoms with Crippen molar-refractivity contribution in [1.29, 1.82) is 0 Å². The Balaban J connectivity index is 1.93. The average Bonchev–Trinajstić information content (AvgIpc) is 3.34. The molecule has 0 saturated carbocycles. The molecular weight excluding hydrogens is 378 g/mol. The number of carbonyl (C=O) groups is 1. The van der Waals surface area contributed by atoms with Crippen molar-refractivity contribution in [1.82, 2.24) is 0 Å². The second-order valence-electron chi connectivity index (χ2n) is 6.46. The highest BCUT2D eigenvalue weighted by atomic mass is 16.7. The Hall–Kier alpha value is -3.42. The summed E-state index contributed by atoms with van der Waals surface area (Å²) in [7, 11) is 4.55. The molecule has 2 aromatic rings. The Morgan fingerprint density at radius 2 is 1.93 bits per heavy atom. The third-order valence-electron chi connectivity index (χ3n) is 5.04. The zero-order valence-corrected chi connectivity index (χ0v) is 16.4. The smallest absolute Gasteiger partial charge is 0.343 e. The fourth-order valence-electron chi connectivity index (χ4n) is 3.79. The number of methoxy groups -OCH3 is 3. The third-order valence-corrected chi connectivity index (χ3v) is 5.04. The van der Waals surface area contributed by atoms with Crippen LogP contribution in [0, 0.1) is 0 Å². The number of benzene rings is 2. The molecule has 2 aromatic carbocycles. The van der Waals surface area contributed by atoms with Gasteiger partial charge in [-0.3, -0.25) is 0 Å². The Bertz CT molecular complexity index is 986. The van der Waals surface area contributed by atoms with Gasteiger partial charge in [-0.25, -0.2) is 4.79 Å². The van der Waals surface area contributed by atoms with Gasteiger partial charge in [0.1, 0.15) is 5.56 Å². The highest BCUT2D eigenvalue weighted by Gasteiger charge is 2.41. The van der Waals surface area contributed by atoms with Crippen LogP contribution < -0.4 is 23.7 Å². The second kappa shape index (κ2) is 7.54. The predicted octanol–water partition coefficient (Wildman–Crippen LogP) is 2.94. The molecule has 0 amide bonds. The number of ether oxygens (including phenoxy) is 6. The molecule has 4 rings (SSSR count). The quantitative estimate of drug-likeness (QED) is 0.523. The first kappa shape index (κ1) is 18.9. The maximum Gasteiger partial charge on any atom is 0.343 e. The van der Waals surface area contributed by atoms with Crippen LogP contribution in [0.15, 0.2) is 23.2 Å². The summed E-state index contributed by atoms with van der Waals surface area (Å²) in [6.07, 6.45) is -0.121. The normalized spacial score (nSPS) is 16.2. The minimum atomic E-state index is -0.693. The Kier molecular flexibility index (Phi) is 4.92.